The van der Waals surface area contributed by atoms with Gasteiger partial charge in [0.2, 0.25) is 10.0 Å². The summed E-state index contributed by atoms with van der Waals surface area (Å²) >= 11 is 11.4. The molecular formula is C18H18ClF2N3O4S2. The number of alkyl halides is 2. The van der Waals surface area contributed by atoms with Gasteiger partial charge in [-0.2, -0.15) is 13.1 Å². The molecule has 1 aliphatic rings. The number of anilines is 2. The summed E-state index contributed by atoms with van der Waals surface area (Å²) in [4.78, 5) is -0.0348. The highest BCUT2D eigenvalue weighted by Crippen LogP contribution is 2.28. The van der Waals surface area contributed by atoms with Crippen LogP contribution in [0.3, 0.4) is 0 Å². The van der Waals surface area contributed by atoms with E-state index in [0.29, 0.717) is 24.6 Å². The van der Waals surface area contributed by atoms with Crippen LogP contribution in [0.4, 0.5) is 20.2 Å². The van der Waals surface area contributed by atoms with E-state index in [4.69, 9.17) is 28.6 Å². The third-order valence-electron chi connectivity index (χ3n) is 4.11. The van der Waals surface area contributed by atoms with Crippen LogP contribution in [0.1, 0.15) is 0 Å². The molecule has 1 heterocycles. The molecule has 162 valence electrons. The second-order valence-corrected chi connectivity index (χ2v) is 8.87. The number of sulfonamides is 1. The SMILES string of the molecule is O=S(=O)(c1cc(NC(=S)Nc2ccc(OC(F)F)cc2)ccc1Cl)N1CCOCC1. The molecule has 1 aliphatic heterocycles. The zero-order valence-corrected chi connectivity index (χ0v) is 17.9. The molecule has 2 N–H and O–H groups in total. The largest absolute Gasteiger partial charge is 0.435 e. The highest BCUT2D eigenvalue weighted by Gasteiger charge is 2.28. The van der Waals surface area contributed by atoms with E-state index in [1.165, 1.54) is 40.7 Å². The van der Waals surface area contributed by atoms with Crippen molar-refractivity contribution in [2.75, 3.05) is 36.9 Å². The smallest absolute Gasteiger partial charge is 0.387 e. The van der Waals surface area contributed by atoms with Gasteiger partial charge in [-0.05, 0) is 54.7 Å². The summed E-state index contributed by atoms with van der Waals surface area (Å²) in [6.45, 7) is -1.75. The molecule has 0 radical (unpaired) electrons. The van der Waals surface area contributed by atoms with Gasteiger partial charge in [0, 0.05) is 24.5 Å². The quantitative estimate of drug-likeness (QED) is 0.613. The Hall–Kier alpha value is -2.05. The molecule has 0 unspecified atom stereocenters. The molecule has 0 atom stereocenters. The predicted molar refractivity (Wildman–Crippen MR) is 114 cm³/mol. The lowest BCUT2D eigenvalue weighted by molar-refractivity contribution is -0.0498. The zero-order chi connectivity index (χ0) is 21.7. The molecule has 3 rings (SSSR count). The van der Waals surface area contributed by atoms with E-state index >= 15 is 0 Å². The molecular weight excluding hydrogens is 460 g/mol. The van der Waals surface area contributed by atoms with Crippen LogP contribution in [0.15, 0.2) is 47.4 Å². The maximum absolute atomic E-state index is 12.9. The van der Waals surface area contributed by atoms with Crippen LogP contribution < -0.4 is 15.4 Å². The van der Waals surface area contributed by atoms with E-state index in [1.807, 2.05) is 0 Å². The van der Waals surface area contributed by atoms with Crippen LogP contribution in [0.5, 0.6) is 5.75 Å². The summed E-state index contributed by atoms with van der Waals surface area (Å²) < 4.78 is 61.0. The Balaban J connectivity index is 1.69. The number of thiocarbonyl (C=S) groups is 1. The van der Waals surface area contributed by atoms with Gasteiger partial charge in [-0.15, -0.1) is 0 Å². The van der Waals surface area contributed by atoms with Gasteiger partial charge in [0.05, 0.1) is 18.2 Å². The summed E-state index contributed by atoms with van der Waals surface area (Å²) in [5.41, 5.74) is 0.950. The fourth-order valence-electron chi connectivity index (χ4n) is 2.72. The van der Waals surface area contributed by atoms with Crippen molar-refractivity contribution in [1.29, 1.82) is 0 Å². The van der Waals surface area contributed by atoms with Gasteiger partial charge >= 0.3 is 6.61 Å². The van der Waals surface area contributed by atoms with Crippen LogP contribution >= 0.6 is 23.8 Å². The van der Waals surface area contributed by atoms with E-state index in [2.05, 4.69) is 15.4 Å². The first-order valence-electron chi connectivity index (χ1n) is 8.76. The maximum atomic E-state index is 12.9. The average molecular weight is 478 g/mol. The van der Waals surface area contributed by atoms with E-state index in [1.54, 1.807) is 6.07 Å². The fraction of sp³-hybridized carbons (Fsp3) is 0.278. The lowest BCUT2D eigenvalue weighted by atomic mass is 10.3. The third kappa shape index (κ3) is 5.76. The van der Waals surface area contributed by atoms with Gasteiger partial charge < -0.3 is 20.1 Å². The maximum Gasteiger partial charge on any atom is 0.387 e. The lowest BCUT2D eigenvalue weighted by Gasteiger charge is -2.26. The van der Waals surface area contributed by atoms with Crippen LogP contribution in [-0.4, -0.2) is 50.8 Å². The molecule has 0 bridgehead atoms. The number of nitrogens with one attached hydrogen (secondary N) is 2. The summed E-state index contributed by atoms with van der Waals surface area (Å²) in [6, 6.07) is 10.2. The number of nitrogens with zero attached hydrogens (tertiary/aromatic N) is 1. The van der Waals surface area contributed by atoms with Crippen molar-refractivity contribution in [2.45, 2.75) is 11.5 Å². The first-order valence-corrected chi connectivity index (χ1v) is 11.0. The number of morpholine rings is 1. The minimum absolute atomic E-state index is 0.0186. The first kappa shape index (κ1) is 22.6. The van der Waals surface area contributed by atoms with Crippen molar-refractivity contribution in [2.24, 2.45) is 0 Å². The topological polar surface area (TPSA) is 79.9 Å². The van der Waals surface area contributed by atoms with Gasteiger partial charge in [0.15, 0.2) is 5.11 Å². The standard InChI is InChI=1S/C18H18ClF2N3O4S2/c19-15-6-3-13(11-16(15)30(25,26)24-7-9-27-10-8-24)23-18(29)22-12-1-4-14(5-2-12)28-17(20)21/h1-6,11,17H,7-10H2,(H2,22,23,29). The Labute approximate surface area is 183 Å². The first-order chi connectivity index (χ1) is 14.3. The van der Waals surface area contributed by atoms with E-state index in [0.717, 1.165) is 0 Å². The lowest BCUT2D eigenvalue weighted by Crippen LogP contribution is -2.40. The summed E-state index contributed by atoms with van der Waals surface area (Å²) in [5.74, 6) is 0.0186. The number of halogens is 3. The van der Waals surface area contributed by atoms with Crippen molar-refractivity contribution in [3.63, 3.8) is 0 Å². The molecule has 7 nitrogen and oxygen atoms in total. The molecule has 0 aromatic heterocycles. The van der Waals surface area contributed by atoms with Gasteiger partial charge in [-0.1, -0.05) is 11.6 Å². The molecule has 0 aliphatic carbocycles. The molecule has 0 saturated carbocycles. The number of benzene rings is 2. The molecule has 30 heavy (non-hydrogen) atoms. The molecule has 1 fully saturated rings. The zero-order valence-electron chi connectivity index (χ0n) is 15.5. The van der Waals surface area contributed by atoms with E-state index < -0.39 is 16.6 Å². The predicted octanol–water partition coefficient (Wildman–Crippen LogP) is 3.77. The van der Waals surface area contributed by atoms with Crippen molar-refractivity contribution in [1.82, 2.24) is 4.31 Å². The normalized spacial score (nSPS) is 15.1. The highest BCUT2D eigenvalue weighted by molar-refractivity contribution is 7.89. The third-order valence-corrected chi connectivity index (χ3v) is 6.70. The van der Waals surface area contributed by atoms with Crippen molar-refractivity contribution < 1.29 is 26.7 Å². The molecule has 0 spiro atoms. The van der Waals surface area contributed by atoms with Crippen LogP contribution in [0.2, 0.25) is 5.02 Å². The molecule has 2 aromatic rings. The van der Waals surface area contributed by atoms with Gasteiger partial charge in [0.1, 0.15) is 10.6 Å². The van der Waals surface area contributed by atoms with Crippen molar-refractivity contribution in [3.05, 3.63) is 47.5 Å². The van der Waals surface area contributed by atoms with Crippen LogP contribution in [-0.2, 0) is 14.8 Å². The Morgan fingerprint density at radius 2 is 1.70 bits per heavy atom. The van der Waals surface area contributed by atoms with Gasteiger partial charge in [-0.3, -0.25) is 0 Å². The molecule has 12 heteroatoms. The number of ether oxygens (including phenoxy) is 2. The minimum Gasteiger partial charge on any atom is -0.435 e. The Bertz CT molecular complexity index is 1000. The second kappa shape index (κ2) is 9.84. The van der Waals surface area contributed by atoms with E-state index in [-0.39, 0.29) is 33.9 Å². The monoisotopic (exact) mass is 477 g/mol. The Morgan fingerprint density at radius 3 is 2.33 bits per heavy atom. The average Bonchev–Trinajstić information content (AvgIpc) is 2.71. The van der Waals surface area contributed by atoms with Crippen molar-refractivity contribution in [3.8, 4) is 5.75 Å². The van der Waals surface area contributed by atoms with Gasteiger partial charge in [0.25, 0.3) is 0 Å². The molecule has 0 amide bonds. The molecule has 1 saturated heterocycles. The number of hydrogen-bond acceptors (Lipinski definition) is 5. The summed E-state index contributed by atoms with van der Waals surface area (Å²) in [5, 5.41) is 6.03. The van der Waals surface area contributed by atoms with E-state index in [9.17, 15) is 17.2 Å². The van der Waals surface area contributed by atoms with Crippen LogP contribution in [0, 0.1) is 0 Å². The number of hydrogen-bond donors (Lipinski definition) is 2. The van der Waals surface area contributed by atoms with Crippen molar-refractivity contribution >= 4 is 50.3 Å². The summed E-state index contributed by atoms with van der Waals surface area (Å²) in [7, 11) is -3.78. The minimum atomic E-state index is -3.78. The number of rotatable bonds is 6. The van der Waals surface area contributed by atoms with Gasteiger partial charge in [-0.25, -0.2) is 8.42 Å². The fourth-order valence-corrected chi connectivity index (χ4v) is 4.86. The highest BCUT2D eigenvalue weighted by atomic mass is 35.5. The summed E-state index contributed by atoms with van der Waals surface area (Å²) in [6.07, 6.45) is 0. The Morgan fingerprint density at radius 1 is 1.10 bits per heavy atom. The Kier molecular flexibility index (Phi) is 7.42. The molecule has 2 aromatic carbocycles. The van der Waals surface area contributed by atoms with Crippen LogP contribution in [0.25, 0.3) is 0 Å². The second-order valence-electron chi connectivity index (χ2n) is 6.14.